The van der Waals surface area contributed by atoms with Crippen LogP contribution < -0.4 is 0 Å². The van der Waals surface area contributed by atoms with Gasteiger partial charge in [-0.05, 0) is 17.7 Å². The fraction of sp³-hybridized carbons (Fsp3) is 0.286. The highest BCUT2D eigenvalue weighted by Crippen LogP contribution is 2.18. The molecule has 1 saturated heterocycles. The second-order valence-electron chi connectivity index (χ2n) is 6.67. The summed E-state index contributed by atoms with van der Waals surface area (Å²) in [6.07, 6.45) is 5.36. The van der Waals surface area contributed by atoms with Gasteiger partial charge in [-0.15, -0.1) is 0 Å². The summed E-state index contributed by atoms with van der Waals surface area (Å²) >= 11 is 0. The average molecular weight is 385 g/mol. The molecule has 0 aliphatic carbocycles. The number of rotatable bonds is 5. The van der Waals surface area contributed by atoms with Gasteiger partial charge in [0.2, 0.25) is 0 Å². The van der Waals surface area contributed by atoms with Crippen LogP contribution in [0.2, 0.25) is 0 Å². The van der Waals surface area contributed by atoms with E-state index in [1.807, 2.05) is 18.2 Å². The van der Waals surface area contributed by atoms with Gasteiger partial charge in [-0.3, -0.25) is 9.69 Å². The molecule has 1 fully saturated rings. The van der Waals surface area contributed by atoms with E-state index in [-0.39, 0.29) is 16.4 Å². The van der Waals surface area contributed by atoms with Crippen LogP contribution in [0.15, 0.2) is 65.6 Å². The number of amides is 1. The Hall–Kier alpha value is -2.44. The Morgan fingerprint density at radius 1 is 0.963 bits per heavy atom. The average Bonchev–Trinajstić information content (AvgIpc) is 2.68. The minimum Gasteiger partial charge on any atom is -0.336 e. The predicted molar refractivity (Wildman–Crippen MR) is 107 cm³/mol. The predicted octanol–water partition coefficient (Wildman–Crippen LogP) is 2.56. The van der Waals surface area contributed by atoms with Gasteiger partial charge < -0.3 is 4.90 Å². The molecule has 1 heterocycles. The first-order chi connectivity index (χ1) is 12.9. The number of hydrogen-bond donors (Lipinski definition) is 0. The lowest BCUT2D eigenvalue weighted by molar-refractivity contribution is 0.0646. The summed E-state index contributed by atoms with van der Waals surface area (Å²) in [5.74, 6) is -0.212. The topological polar surface area (TPSA) is 57.7 Å². The summed E-state index contributed by atoms with van der Waals surface area (Å²) in [7, 11) is -3.43. The maximum atomic E-state index is 12.8. The van der Waals surface area contributed by atoms with E-state index in [1.165, 1.54) is 11.6 Å². The first-order valence-electron chi connectivity index (χ1n) is 8.97. The molecule has 2 aromatic carbocycles. The van der Waals surface area contributed by atoms with Gasteiger partial charge in [-0.1, -0.05) is 54.6 Å². The van der Waals surface area contributed by atoms with Crippen LogP contribution >= 0.6 is 0 Å². The number of piperazine rings is 1. The van der Waals surface area contributed by atoms with Crippen LogP contribution in [0.25, 0.3) is 6.08 Å². The van der Waals surface area contributed by atoms with Crippen LogP contribution in [0.5, 0.6) is 0 Å². The first kappa shape index (κ1) is 19.3. The molecule has 0 radical (unpaired) electrons. The van der Waals surface area contributed by atoms with Crippen LogP contribution in [0.3, 0.4) is 0 Å². The number of benzene rings is 2. The zero-order chi connectivity index (χ0) is 19.3. The third-order valence-corrected chi connectivity index (χ3v) is 5.80. The molecule has 0 spiro atoms. The molecule has 3 rings (SSSR count). The molecule has 1 aliphatic heterocycles. The summed E-state index contributed by atoms with van der Waals surface area (Å²) in [5.41, 5.74) is 1.43. The van der Waals surface area contributed by atoms with Crippen molar-refractivity contribution in [2.24, 2.45) is 0 Å². The van der Waals surface area contributed by atoms with Gasteiger partial charge in [0.05, 0.1) is 10.5 Å². The summed E-state index contributed by atoms with van der Waals surface area (Å²) in [5, 5.41) is 0. The maximum absolute atomic E-state index is 12.8. The smallest absolute Gasteiger partial charge is 0.255 e. The van der Waals surface area contributed by atoms with Gasteiger partial charge in [-0.25, -0.2) is 8.42 Å². The molecule has 0 N–H and O–H groups in total. The van der Waals surface area contributed by atoms with E-state index in [9.17, 15) is 13.2 Å². The summed E-state index contributed by atoms with van der Waals surface area (Å²) < 4.78 is 23.9. The van der Waals surface area contributed by atoms with Crippen molar-refractivity contribution >= 4 is 21.8 Å². The number of hydrogen-bond acceptors (Lipinski definition) is 4. The van der Waals surface area contributed by atoms with E-state index < -0.39 is 9.84 Å². The lowest BCUT2D eigenvalue weighted by Crippen LogP contribution is -2.48. The molecule has 2 aromatic rings. The Morgan fingerprint density at radius 3 is 2.26 bits per heavy atom. The first-order valence-corrected chi connectivity index (χ1v) is 10.9. The van der Waals surface area contributed by atoms with E-state index in [2.05, 4.69) is 29.2 Å². The Morgan fingerprint density at radius 2 is 1.59 bits per heavy atom. The van der Waals surface area contributed by atoms with Gasteiger partial charge in [-0.2, -0.15) is 0 Å². The molecule has 1 amide bonds. The quantitative estimate of drug-likeness (QED) is 0.795. The standard InChI is InChI=1S/C21H24N2O3S/c1-27(25,26)20-12-6-5-11-19(20)21(24)23-16-14-22(15-17-23)13-7-10-18-8-3-2-4-9-18/h2-12H,13-17H2,1H3. The molecule has 142 valence electrons. The van der Waals surface area contributed by atoms with Crippen molar-refractivity contribution in [3.63, 3.8) is 0 Å². The zero-order valence-electron chi connectivity index (χ0n) is 15.4. The molecule has 5 nitrogen and oxygen atoms in total. The van der Waals surface area contributed by atoms with Crippen molar-refractivity contribution in [1.82, 2.24) is 9.80 Å². The number of carbonyl (C=O) groups excluding carboxylic acids is 1. The lowest BCUT2D eigenvalue weighted by atomic mass is 10.1. The molecule has 0 aromatic heterocycles. The summed E-state index contributed by atoms with van der Waals surface area (Å²) in [6, 6.07) is 16.6. The van der Waals surface area contributed by atoms with E-state index in [0.717, 1.165) is 25.9 Å². The maximum Gasteiger partial charge on any atom is 0.255 e. The Balaban J connectivity index is 1.58. The van der Waals surface area contributed by atoms with E-state index in [0.29, 0.717) is 13.1 Å². The van der Waals surface area contributed by atoms with Crippen molar-refractivity contribution in [3.05, 3.63) is 71.8 Å². The van der Waals surface area contributed by atoms with Crippen molar-refractivity contribution < 1.29 is 13.2 Å². The number of nitrogens with zero attached hydrogens (tertiary/aromatic N) is 2. The monoisotopic (exact) mass is 384 g/mol. The van der Waals surface area contributed by atoms with E-state index in [1.54, 1.807) is 23.1 Å². The van der Waals surface area contributed by atoms with E-state index in [4.69, 9.17) is 0 Å². The van der Waals surface area contributed by atoms with Gasteiger partial charge >= 0.3 is 0 Å². The SMILES string of the molecule is CS(=O)(=O)c1ccccc1C(=O)N1CCN(CC=Cc2ccccc2)CC1. The van der Waals surface area contributed by atoms with Crippen molar-refractivity contribution in [3.8, 4) is 0 Å². The normalized spacial score (nSPS) is 16.0. The Labute approximate surface area is 160 Å². The second-order valence-corrected chi connectivity index (χ2v) is 8.66. The summed E-state index contributed by atoms with van der Waals surface area (Å²) in [6.45, 7) is 3.56. The van der Waals surface area contributed by atoms with Crippen LogP contribution in [-0.4, -0.2) is 63.1 Å². The summed E-state index contributed by atoms with van der Waals surface area (Å²) in [4.78, 5) is 16.9. The third kappa shape index (κ3) is 5.05. The highest BCUT2D eigenvalue weighted by molar-refractivity contribution is 7.90. The third-order valence-electron chi connectivity index (χ3n) is 4.65. The minimum atomic E-state index is -3.43. The van der Waals surface area contributed by atoms with E-state index >= 15 is 0 Å². The Bertz CT molecular complexity index is 915. The van der Waals surface area contributed by atoms with Crippen LogP contribution in [0, 0.1) is 0 Å². The fourth-order valence-corrected chi connectivity index (χ4v) is 4.05. The van der Waals surface area contributed by atoms with Crippen molar-refractivity contribution in [2.75, 3.05) is 39.0 Å². The molecule has 27 heavy (non-hydrogen) atoms. The van der Waals surface area contributed by atoms with Crippen LogP contribution in [0.1, 0.15) is 15.9 Å². The Kier molecular flexibility index (Phi) is 6.08. The number of sulfone groups is 1. The molecule has 1 aliphatic rings. The minimum absolute atomic E-state index is 0.100. The highest BCUT2D eigenvalue weighted by Gasteiger charge is 2.25. The van der Waals surface area contributed by atoms with Gasteiger partial charge in [0.15, 0.2) is 9.84 Å². The molecule has 0 unspecified atom stereocenters. The van der Waals surface area contributed by atoms with Gasteiger partial charge in [0, 0.05) is 39.0 Å². The van der Waals surface area contributed by atoms with Gasteiger partial charge in [0.1, 0.15) is 0 Å². The van der Waals surface area contributed by atoms with Crippen LogP contribution in [-0.2, 0) is 9.84 Å². The molecule has 0 atom stereocenters. The molecule has 0 bridgehead atoms. The second kappa shape index (κ2) is 8.50. The molecular weight excluding hydrogens is 360 g/mol. The lowest BCUT2D eigenvalue weighted by Gasteiger charge is -2.34. The molecular formula is C21H24N2O3S. The van der Waals surface area contributed by atoms with Crippen molar-refractivity contribution in [2.45, 2.75) is 4.90 Å². The van der Waals surface area contributed by atoms with Gasteiger partial charge in [0.25, 0.3) is 5.91 Å². The highest BCUT2D eigenvalue weighted by atomic mass is 32.2. The molecule has 0 saturated carbocycles. The zero-order valence-corrected chi connectivity index (χ0v) is 16.2. The fourth-order valence-electron chi connectivity index (χ4n) is 3.17. The van der Waals surface area contributed by atoms with Crippen LogP contribution in [0.4, 0.5) is 0 Å². The molecule has 6 heteroatoms. The largest absolute Gasteiger partial charge is 0.336 e. The van der Waals surface area contributed by atoms with Crippen molar-refractivity contribution in [1.29, 1.82) is 0 Å². The number of carbonyl (C=O) groups is 1.